The Kier molecular flexibility index (Phi) is 11.5. The van der Waals surface area contributed by atoms with Crippen LogP contribution in [0.5, 0.6) is 11.5 Å². The fourth-order valence-corrected chi connectivity index (χ4v) is 3.04. The molecule has 1 aliphatic heterocycles. The molecule has 0 aromatic heterocycles. The molecule has 0 fully saturated rings. The van der Waals surface area contributed by atoms with Crippen molar-refractivity contribution in [1.82, 2.24) is 15.5 Å². The maximum atomic E-state index is 5.97. The summed E-state index contributed by atoms with van der Waals surface area (Å²) < 4.78 is 11.7. The van der Waals surface area contributed by atoms with Gasteiger partial charge in [-0.05, 0) is 51.5 Å². The van der Waals surface area contributed by atoms with E-state index in [1.165, 1.54) is 6.42 Å². The van der Waals surface area contributed by atoms with E-state index in [0.717, 1.165) is 43.5 Å². The van der Waals surface area contributed by atoms with Crippen LogP contribution in [0.3, 0.4) is 0 Å². The first-order chi connectivity index (χ1) is 12.7. The highest BCUT2D eigenvalue weighted by atomic mass is 127. The molecule has 1 aromatic rings. The third kappa shape index (κ3) is 8.13. The SMILES string of the molecule is CCN(CC)CCCC(C)NC(=NC)NCC1COc2ccccc2O1.I. The molecule has 1 heterocycles. The van der Waals surface area contributed by atoms with E-state index in [1.807, 2.05) is 24.3 Å². The number of nitrogens with one attached hydrogen (secondary N) is 2. The van der Waals surface area contributed by atoms with Gasteiger partial charge in [0.2, 0.25) is 0 Å². The Hall–Kier alpha value is -1.22. The number of ether oxygens (including phenoxy) is 2. The molecular weight excluding hydrogens is 455 g/mol. The number of benzene rings is 1. The molecule has 0 spiro atoms. The predicted molar refractivity (Wildman–Crippen MR) is 123 cm³/mol. The lowest BCUT2D eigenvalue weighted by Gasteiger charge is -2.27. The number of rotatable bonds is 9. The average Bonchev–Trinajstić information content (AvgIpc) is 2.68. The zero-order chi connectivity index (χ0) is 18.8. The Balaban J connectivity index is 0.00000364. The van der Waals surface area contributed by atoms with Crippen molar-refractivity contribution >= 4 is 29.9 Å². The smallest absolute Gasteiger partial charge is 0.191 e. The van der Waals surface area contributed by atoms with Crippen molar-refractivity contribution in [3.63, 3.8) is 0 Å². The Labute approximate surface area is 181 Å². The quantitative estimate of drug-likeness (QED) is 0.317. The van der Waals surface area contributed by atoms with Gasteiger partial charge < -0.3 is 25.0 Å². The third-order valence-corrected chi connectivity index (χ3v) is 4.68. The van der Waals surface area contributed by atoms with Crippen molar-refractivity contribution in [2.24, 2.45) is 4.99 Å². The number of nitrogens with zero attached hydrogens (tertiary/aromatic N) is 2. The second-order valence-electron chi connectivity index (χ2n) is 6.67. The Morgan fingerprint density at radius 3 is 2.63 bits per heavy atom. The predicted octanol–water partition coefficient (Wildman–Crippen LogP) is 3.12. The van der Waals surface area contributed by atoms with Crippen LogP contribution in [0, 0.1) is 0 Å². The number of para-hydroxylation sites is 2. The molecule has 1 aliphatic rings. The molecule has 0 amide bonds. The first-order valence-electron chi connectivity index (χ1n) is 9.74. The summed E-state index contributed by atoms with van der Waals surface area (Å²) in [6.07, 6.45) is 2.28. The van der Waals surface area contributed by atoms with Crippen LogP contribution in [-0.2, 0) is 0 Å². The summed E-state index contributed by atoms with van der Waals surface area (Å²) in [4.78, 5) is 6.78. The minimum Gasteiger partial charge on any atom is -0.486 e. The van der Waals surface area contributed by atoms with Crippen LogP contribution >= 0.6 is 24.0 Å². The molecule has 6 nitrogen and oxygen atoms in total. The van der Waals surface area contributed by atoms with Crippen molar-refractivity contribution in [2.75, 3.05) is 39.8 Å². The first-order valence-corrected chi connectivity index (χ1v) is 9.74. The van der Waals surface area contributed by atoms with Crippen molar-refractivity contribution in [3.05, 3.63) is 24.3 Å². The van der Waals surface area contributed by atoms with Gasteiger partial charge in [0.25, 0.3) is 0 Å². The number of guanidine groups is 1. The molecule has 0 radical (unpaired) electrons. The van der Waals surface area contributed by atoms with Crippen LogP contribution in [-0.4, -0.2) is 62.8 Å². The van der Waals surface area contributed by atoms with Crippen molar-refractivity contribution < 1.29 is 9.47 Å². The summed E-state index contributed by atoms with van der Waals surface area (Å²) >= 11 is 0. The van der Waals surface area contributed by atoms with Gasteiger partial charge in [-0.1, -0.05) is 26.0 Å². The van der Waals surface area contributed by atoms with Gasteiger partial charge in [0.15, 0.2) is 17.5 Å². The van der Waals surface area contributed by atoms with Crippen LogP contribution in [0.25, 0.3) is 0 Å². The summed E-state index contributed by atoms with van der Waals surface area (Å²) in [6.45, 7) is 11.2. The number of aliphatic imine (C=N–C) groups is 1. The summed E-state index contributed by atoms with van der Waals surface area (Å²) in [6, 6.07) is 8.15. The van der Waals surface area contributed by atoms with E-state index in [9.17, 15) is 0 Å². The zero-order valence-electron chi connectivity index (χ0n) is 17.0. The van der Waals surface area contributed by atoms with Crippen LogP contribution in [0.4, 0.5) is 0 Å². The lowest BCUT2D eigenvalue weighted by atomic mass is 10.2. The first kappa shape index (κ1) is 23.8. The molecule has 27 heavy (non-hydrogen) atoms. The summed E-state index contributed by atoms with van der Waals surface area (Å²) in [5.41, 5.74) is 0. The van der Waals surface area contributed by atoms with Gasteiger partial charge in [-0.3, -0.25) is 4.99 Å². The molecule has 2 rings (SSSR count). The standard InChI is InChI=1S/C20H34N4O2.HI/c1-5-24(6-2)13-9-10-16(3)23-20(21-4)22-14-17-15-25-18-11-7-8-12-19(18)26-17;/h7-8,11-12,16-17H,5-6,9-10,13-15H2,1-4H3,(H2,21,22,23);1H. The van der Waals surface area contributed by atoms with E-state index < -0.39 is 0 Å². The Morgan fingerprint density at radius 1 is 1.26 bits per heavy atom. The molecule has 2 atom stereocenters. The van der Waals surface area contributed by atoms with E-state index in [0.29, 0.717) is 19.2 Å². The third-order valence-electron chi connectivity index (χ3n) is 4.68. The van der Waals surface area contributed by atoms with Gasteiger partial charge in [0, 0.05) is 13.1 Å². The molecule has 2 unspecified atom stereocenters. The van der Waals surface area contributed by atoms with Gasteiger partial charge in [-0.2, -0.15) is 0 Å². The second-order valence-corrected chi connectivity index (χ2v) is 6.67. The molecule has 0 saturated carbocycles. The molecule has 7 heteroatoms. The van der Waals surface area contributed by atoms with Crippen molar-refractivity contribution in [2.45, 2.75) is 45.8 Å². The minimum atomic E-state index is -0.0265. The molecular formula is C20H35IN4O2. The van der Waals surface area contributed by atoms with E-state index in [1.54, 1.807) is 7.05 Å². The highest BCUT2D eigenvalue weighted by molar-refractivity contribution is 14.0. The Bertz CT molecular complexity index is 567. The molecule has 0 bridgehead atoms. The van der Waals surface area contributed by atoms with Crippen LogP contribution < -0.4 is 20.1 Å². The normalized spacial score (nSPS) is 17.2. The van der Waals surface area contributed by atoms with Gasteiger partial charge in [-0.15, -0.1) is 24.0 Å². The van der Waals surface area contributed by atoms with E-state index in [-0.39, 0.29) is 30.1 Å². The van der Waals surface area contributed by atoms with Crippen molar-refractivity contribution in [1.29, 1.82) is 0 Å². The van der Waals surface area contributed by atoms with Crippen LogP contribution in [0.2, 0.25) is 0 Å². The molecule has 0 aliphatic carbocycles. The zero-order valence-corrected chi connectivity index (χ0v) is 19.4. The van der Waals surface area contributed by atoms with E-state index >= 15 is 0 Å². The lowest BCUT2D eigenvalue weighted by molar-refractivity contribution is 0.0936. The second kappa shape index (κ2) is 13.0. The molecule has 0 saturated heterocycles. The Morgan fingerprint density at radius 2 is 1.96 bits per heavy atom. The minimum absolute atomic E-state index is 0. The summed E-state index contributed by atoms with van der Waals surface area (Å²) in [7, 11) is 1.80. The van der Waals surface area contributed by atoms with Gasteiger partial charge >= 0.3 is 0 Å². The monoisotopic (exact) mass is 490 g/mol. The van der Waals surface area contributed by atoms with Crippen LogP contribution in [0.1, 0.15) is 33.6 Å². The van der Waals surface area contributed by atoms with E-state index in [2.05, 4.69) is 41.3 Å². The van der Waals surface area contributed by atoms with Crippen LogP contribution in [0.15, 0.2) is 29.3 Å². The number of hydrogen-bond donors (Lipinski definition) is 2. The van der Waals surface area contributed by atoms with Gasteiger partial charge in [0.1, 0.15) is 12.7 Å². The summed E-state index contributed by atoms with van der Waals surface area (Å²) in [5.74, 6) is 2.43. The highest BCUT2D eigenvalue weighted by Gasteiger charge is 2.20. The van der Waals surface area contributed by atoms with Gasteiger partial charge in [0.05, 0.1) is 6.54 Å². The fraction of sp³-hybridized carbons (Fsp3) is 0.650. The highest BCUT2D eigenvalue weighted by Crippen LogP contribution is 2.30. The molecule has 2 N–H and O–H groups in total. The lowest BCUT2D eigenvalue weighted by Crippen LogP contribution is -2.47. The maximum Gasteiger partial charge on any atom is 0.191 e. The average molecular weight is 490 g/mol. The molecule has 1 aromatic carbocycles. The topological polar surface area (TPSA) is 58.1 Å². The number of halogens is 1. The molecule has 154 valence electrons. The largest absolute Gasteiger partial charge is 0.486 e. The number of fused-ring (bicyclic) bond motifs is 1. The van der Waals surface area contributed by atoms with Crippen molar-refractivity contribution in [3.8, 4) is 11.5 Å². The summed E-state index contributed by atoms with van der Waals surface area (Å²) in [5, 5.41) is 6.80. The van der Waals surface area contributed by atoms with E-state index in [4.69, 9.17) is 9.47 Å². The van der Waals surface area contributed by atoms with Gasteiger partial charge in [-0.25, -0.2) is 0 Å². The maximum absolute atomic E-state index is 5.97. The number of hydrogen-bond acceptors (Lipinski definition) is 4. The fourth-order valence-electron chi connectivity index (χ4n) is 3.04.